The van der Waals surface area contributed by atoms with Crippen LogP contribution >= 0.6 is 0 Å². The molecule has 1 aromatic carbocycles. The van der Waals surface area contributed by atoms with Crippen LogP contribution in [-0.2, 0) is 11.2 Å². The lowest BCUT2D eigenvalue weighted by Crippen LogP contribution is -2.20. The molecule has 0 aliphatic carbocycles. The Balaban J connectivity index is 1.85. The van der Waals surface area contributed by atoms with Gasteiger partial charge in [-0.2, -0.15) is 0 Å². The summed E-state index contributed by atoms with van der Waals surface area (Å²) in [6, 6.07) is 8.18. The number of rotatable bonds is 6. The molecule has 0 unspecified atom stereocenters. The number of fused-ring (bicyclic) bond motifs is 1. The average molecular weight is 232 g/mol. The Kier molecular flexibility index (Phi) is 3.77. The van der Waals surface area contributed by atoms with Crippen LogP contribution < -0.4 is 5.32 Å². The van der Waals surface area contributed by atoms with Crippen LogP contribution in [0.3, 0.4) is 0 Å². The van der Waals surface area contributed by atoms with Crippen molar-refractivity contribution < 1.29 is 9.90 Å². The lowest BCUT2D eigenvalue weighted by atomic mass is 10.1. The van der Waals surface area contributed by atoms with Crippen LogP contribution in [0.4, 0.5) is 0 Å². The van der Waals surface area contributed by atoms with Crippen LogP contribution in [0.5, 0.6) is 0 Å². The summed E-state index contributed by atoms with van der Waals surface area (Å²) in [5.74, 6) is -0.760. The minimum absolute atomic E-state index is 0.174. The molecule has 4 heteroatoms. The van der Waals surface area contributed by atoms with Gasteiger partial charge in [0.15, 0.2) is 0 Å². The smallest absolute Gasteiger partial charge is 0.304 e. The number of benzene rings is 1. The number of aromatic nitrogens is 1. The fourth-order valence-electron chi connectivity index (χ4n) is 1.88. The first kappa shape index (κ1) is 11.7. The highest BCUT2D eigenvalue weighted by Crippen LogP contribution is 2.17. The summed E-state index contributed by atoms with van der Waals surface area (Å²) >= 11 is 0. The highest BCUT2D eigenvalue weighted by Gasteiger charge is 2.02. The molecule has 0 atom stereocenters. The number of aliphatic carboxylic acids is 1. The van der Waals surface area contributed by atoms with E-state index >= 15 is 0 Å². The summed E-state index contributed by atoms with van der Waals surface area (Å²) in [6.45, 7) is 1.33. The van der Waals surface area contributed by atoms with Crippen LogP contribution in [0.15, 0.2) is 30.5 Å². The lowest BCUT2D eigenvalue weighted by molar-refractivity contribution is -0.136. The van der Waals surface area contributed by atoms with Gasteiger partial charge in [-0.15, -0.1) is 0 Å². The molecule has 1 heterocycles. The minimum Gasteiger partial charge on any atom is -0.481 e. The molecule has 1 aromatic heterocycles. The van der Waals surface area contributed by atoms with E-state index in [1.54, 1.807) is 0 Å². The second-order valence-corrected chi connectivity index (χ2v) is 4.00. The van der Waals surface area contributed by atoms with E-state index in [2.05, 4.69) is 22.4 Å². The predicted octanol–water partition coefficient (Wildman–Crippen LogP) is 1.77. The second-order valence-electron chi connectivity index (χ2n) is 4.00. The average Bonchev–Trinajstić information content (AvgIpc) is 2.72. The number of carbonyl (C=O) groups is 1. The maximum Gasteiger partial charge on any atom is 0.304 e. The van der Waals surface area contributed by atoms with Crippen molar-refractivity contribution >= 4 is 16.9 Å². The molecule has 17 heavy (non-hydrogen) atoms. The number of aromatic amines is 1. The van der Waals surface area contributed by atoms with Gasteiger partial charge in [-0.1, -0.05) is 18.2 Å². The van der Waals surface area contributed by atoms with Gasteiger partial charge in [0.1, 0.15) is 0 Å². The van der Waals surface area contributed by atoms with Crippen LogP contribution in [0, 0.1) is 0 Å². The number of nitrogens with one attached hydrogen (secondary N) is 2. The second kappa shape index (κ2) is 5.50. The van der Waals surface area contributed by atoms with Gasteiger partial charge in [-0.3, -0.25) is 4.79 Å². The highest BCUT2D eigenvalue weighted by atomic mass is 16.4. The van der Waals surface area contributed by atoms with E-state index in [9.17, 15) is 4.79 Å². The Hall–Kier alpha value is -1.81. The van der Waals surface area contributed by atoms with E-state index < -0.39 is 5.97 Å². The van der Waals surface area contributed by atoms with E-state index in [1.165, 1.54) is 10.9 Å². The summed E-state index contributed by atoms with van der Waals surface area (Å²) in [5.41, 5.74) is 2.41. The first-order valence-corrected chi connectivity index (χ1v) is 5.75. The van der Waals surface area contributed by atoms with Crippen molar-refractivity contribution in [2.75, 3.05) is 13.1 Å². The van der Waals surface area contributed by atoms with Crippen LogP contribution in [0.1, 0.15) is 12.0 Å². The topological polar surface area (TPSA) is 65.1 Å². The molecule has 0 spiro atoms. The molecule has 0 amide bonds. The zero-order chi connectivity index (χ0) is 12.1. The van der Waals surface area contributed by atoms with Gasteiger partial charge < -0.3 is 15.4 Å². The van der Waals surface area contributed by atoms with Gasteiger partial charge in [-0.05, 0) is 24.6 Å². The quantitative estimate of drug-likeness (QED) is 0.665. The fraction of sp³-hybridized carbons (Fsp3) is 0.308. The summed E-state index contributed by atoms with van der Waals surface area (Å²) < 4.78 is 0. The standard InChI is InChI=1S/C13H16N2O2/c16-13(17)6-8-14-7-5-10-9-15-12-4-2-1-3-11(10)12/h1-4,9,14-15H,5-8H2,(H,16,17). The van der Waals surface area contributed by atoms with Gasteiger partial charge in [0.25, 0.3) is 0 Å². The predicted molar refractivity (Wildman–Crippen MR) is 67.1 cm³/mol. The Morgan fingerprint density at radius 1 is 1.29 bits per heavy atom. The summed E-state index contributed by atoms with van der Waals surface area (Å²) in [5, 5.41) is 12.9. The summed E-state index contributed by atoms with van der Waals surface area (Å²) in [6.07, 6.45) is 3.10. The van der Waals surface area contributed by atoms with Gasteiger partial charge in [0.2, 0.25) is 0 Å². The number of hydrogen-bond acceptors (Lipinski definition) is 2. The first-order valence-electron chi connectivity index (χ1n) is 5.75. The van der Waals surface area contributed by atoms with Crippen molar-refractivity contribution in [2.24, 2.45) is 0 Å². The van der Waals surface area contributed by atoms with E-state index in [-0.39, 0.29) is 6.42 Å². The maximum absolute atomic E-state index is 10.3. The lowest BCUT2D eigenvalue weighted by Gasteiger charge is -2.02. The number of para-hydroxylation sites is 1. The number of carboxylic acids is 1. The third kappa shape index (κ3) is 3.07. The minimum atomic E-state index is -0.760. The molecule has 2 rings (SSSR count). The zero-order valence-electron chi connectivity index (χ0n) is 9.57. The van der Waals surface area contributed by atoms with Gasteiger partial charge in [0, 0.05) is 23.6 Å². The normalized spacial score (nSPS) is 10.8. The molecule has 2 aromatic rings. The van der Waals surface area contributed by atoms with Gasteiger partial charge >= 0.3 is 5.97 Å². The molecule has 0 aliphatic heterocycles. The van der Waals surface area contributed by atoms with E-state index in [1.807, 2.05) is 18.3 Å². The Morgan fingerprint density at radius 3 is 2.94 bits per heavy atom. The van der Waals surface area contributed by atoms with E-state index in [4.69, 9.17) is 5.11 Å². The van der Waals surface area contributed by atoms with Crippen molar-refractivity contribution in [2.45, 2.75) is 12.8 Å². The molecular formula is C13H16N2O2. The van der Waals surface area contributed by atoms with Gasteiger partial charge in [0.05, 0.1) is 6.42 Å². The number of carboxylic acid groups (broad SMARTS) is 1. The van der Waals surface area contributed by atoms with Crippen LogP contribution in [-0.4, -0.2) is 29.1 Å². The number of H-pyrrole nitrogens is 1. The molecule has 0 bridgehead atoms. The monoisotopic (exact) mass is 232 g/mol. The zero-order valence-corrected chi connectivity index (χ0v) is 9.57. The molecule has 90 valence electrons. The third-order valence-electron chi connectivity index (χ3n) is 2.76. The highest BCUT2D eigenvalue weighted by molar-refractivity contribution is 5.83. The van der Waals surface area contributed by atoms with Gasteiger partial charge in [-0.25, -0.2) is 0 Å². The Bertz CT molecular complexity index is 505. The molecule has 3 N–H and O–H groups in total. The summed E-state index contributed by atoms with van der Waals surface area (Å²) in [4.78, 5) is 13.5. The third-order valence-corrected chi connectivity index (χ3v) is 2.76. The summed E-state index contributed by atoms with van der Waals surface area (Å²) in [7, 11) is 0. The molecule has 0 saturated heterocycles. The maximum atomic E-state index is 10.3. The molecular weight excluding hydrogens is 216 g/mol. The Morgan fingerprint density at radius 2 is 2.12 bits per heavy atom. The Labute approximate surface area is 99.7 Å². The largest absolute Gasteiger partial charge is 0.481 e. The fourth-order valence-corrected chi connectivity index (χ4v) is 1.88. The number of hydrogen-bond donors (Lipinski definition) is 3. The molecule has 4 nitrogen and oxygen atoms in total. The van der Waals surface area contributed by atoms with Crippen LogP contribution in [0.2, 0.25) is 0 Å². The van der Waals surface area contributed by atoms with Crippen molar-refractivity contribution in [1.29, 1.82) is 0 Å². The van der Waals surface area contributed by atoms with E-state index in [0.717, 1.165) is 18.5 Å². The molecule has 0 saturated carbocycles. The molecule has 0 aliphatic rings. The van der Waals surface area contributed by atoms with Crippen molar-refractivity contribution in [3.05, 3.63) is 36.0 Å². The first-order chi connectivity index (χ1) is 8.27. The van der Waals surface area contributed by atoms with E-state index in [0.29, 0.717) is 6.54 Å². The molecule has 0 radical (unpaired) electrons. The SMILES string of the molecule is O=C(O)CCNCCc1c[nH]c2ccccc12. The van der Waals surface area contributed by atoms with Crippen molar-refractivity contribution in [3.63, 3.8) is 0 Å². The molecule has 0 fully saturated rings. The van der Waals surface area contributed by atoms with Crippen LogP contribution in [0.25, 0.3) is 10.9 Å². The van der Waals surface area contributed by atoms with Crippen molar-refractivity contribution in [1.82, 2.24) is 10.3 Å². The van der Waals surface area contributed by atoms with Crippen molar-refractivity contribution in [3.8, 4) is 0 Å².